The minimum Gasteiger partial charge on any atom is -0.271 e. The van der Waals surface area contributed by atoms with E-state index in [9.17, 15) is 0 Å². The van der Waals surface area contributed by atoms with Crippen LogP contribution in [-0.2, 0) is 6.42 Å². The molecule has 0 aliphatic carbocycles. The lowest BCUT2D eigenvalue weighted by Gasteiger charge is -2.17. The molecule has 0 radical (unpaired) electrons. The van der Waals surface area contributed by atoms with Crippen molar-refractivity contribution in [3.8, 4) is 0 Å². The molecule has 2 nitrogen and oxygen atoms in total. The normalized spacial score (nSPS) is 12.4. The Morgan fingerprint density at radius 3 is 2.68 bits per heavy atom. The Morgan fingerprint density at radius 1 is 1.26 bits per heavy atom. The number of halogens is 3. The monoisotopic (exact) mass is 450 g/mol. The Labute approximate surface area is 140 Å². The van der Waals surface area contributed by atoms with Gasteiger partial charge in [0.25, 0.3) is 0 Å². The van der Waals surface area contributed by atoms with Gasteiger partial charge in [-0.3, -0.25) is 11.3 Å². The van der Waals surface area contributed by atoms with Crippen LogP contribution < -0.4 is 11.3 Å². The zero-order valence-corrected chi connectivity index (χ0v) is 14.5. The van der Waals surface area contributed by atoms with Crippen molar-refractivity contribution < 1.29 is 0 Å². The van der Waals surface area contributed by atoms with Gasteiger partial charge in [0.2, 0.25) is 0 Å². The summed E-state index contributed by atoms with van der Waals surface area (Å²) in [5.74, 6) is 5.67. The van der Waals surface area contributed by atoms with Gasteiger partial charge in [0, 0.05) is 8.04 Å². The second kappa shape index (κ2) is 7.04. The summed E-state index contributed by atoms with van der Waals surface area (Å²) >= 11 is 11.9. The molecule has 0 bridgehead atoms. The molecule has 2 aromatic rings. The van der Waals surface area contributed by atoms with Crippen LogP contribution in [0.2, 0.25) is 5.02 Å². The molecule has 1 atom stereocenters. The van der Waals surface area contributed by atoms with Gasteiger partial charge in [0.05, 0.1) is 11.1 Å². The Balaban J connectivity index is 2.22. The fourth-order valence-electron chi connectivity index (χ4n) is 1.90. The Hall–Kier alpha value is -0.140. The van der Waals surface area contributed by atoms with Crippen molar-refractivity contribution in [3.05, 3.63) is 66.7 Å². The first-order valence-corrected chi connectivity index (χ1v) is 8.00. The summed E-state index contributed by atoms with van der Waals surface area (Å²) in [6.45, 7) is 0. The summed E-state index contributed by atoms with van der Waals surface area (Å²) in [4.78, 5) is 0. The third-order valence-corrected chi connectivity index (χ3v) is 4.94. The van der Waals surface area contributed by atoms with E-state index in [1.807, 2.05) is 24.3 Å². The maximum atomic E-state index is 6.16. The van der Waals surface area contributed by atoms with Crippen molar-refractivity contribution in [2.75, 3.05) is 0 Å². The summed E-state index contributed by atoms with van der Waals surface area (Å²) in [6.07, 6.45) is 0.812. The summed E-state index contributed by atoms with van der Waals surface area (Å²) in [5, 5.41) is 0.757. The second-order valence-corrected chi connectivity index (χ2v) is 6.71. The molecule has 0 saturated carbocycles. The fourth-order valence-corrected chi connectivity index (χ4v) is 2.87. The largest absolute Gasteiger partial charge is 0.271 e. The Bertz CT molecular complexity index is 577. The highest BCUT2D eigenvalue weighted by molar-refractivity contribution is 14.1. The van der Waals surface area contributed by atoms with Crippen LogP contribution in [0.25, 0.3) is 0 Å². The maximum absolute atomic E-state index is 6.16. The lowest BCUT2D eigenvalue weighted by Crippen LogP contribution is -2.29. The first-order chi connectivity index (χ1) is 9.10. The highest BCUT2D eigenvalue weighted by Gasteiger charge is 2.12. The summed E-state index contributed by atoms with van der Waals surface area (Å²) in [6, 6.07) is 14.3. The SMILES string of the molecule is NNC(Cc1cccc(Br)c1)c1ccc(I)c(Cl)c1. The molecule has 0 fully saturated rings. The maximum Gasteiger partial charge on any atom is 0.0542 e. The van der Waals surface area contributed by atoms with E-state index in [4.69, 9.17) is 17.4 Å². The highest BCUT2D eigenvalue weighted by atomic mass is 127. The van der Waals surface area contributed by atoms with E-state index in [0.29, 0.717) is 0 Å². The van der Waals surface area contributed by atoms with Crippen LogP contribution in [0.4, 0.5) is 0 Å². The van der Waals surface area contributed by atoms with Crippen LogP contribution >= 0.6 is 50.1 Å². The molecule has 0 heterocycles. The minimum absolute atomic E-state index is 0.0452. The molecular formula is C14H13BrClIN2. The molecule has 19 heavy (non-hydrogen) atoms. The zero-order valence-electron chi connectivity index (χ0n) is 10.0. The van der Waals surface area contributed by atoms with Gasteiger partial charge in [0.15, 0.2) is 0 Å². The average molecular weight is 452 g/mol. The summed E-state index contributed by atoms with van der Waals surface area (Å²) in [5.41, 5.74) is 5.16. The molecule has 0 aliphatic rings. The van der Waals surface area contributed by atoms with E-state index in [0.717, 1.165) is 25.0 Å². The fraction of sp³-hybridized carbons (Fsp3) is 0.143. The molecule has 100 valence electrons. The van der Waals surface area contributed by atoms with E-state index < -0.39 is 0 Å². The third-order valence-electron chi connectivity index (χ3n) is 2.88. The van der Waals surface area contributed by atoms with Crippen LogP contribution in [0.1, 0.15) is 17.2 Å². The molecule has 0 saturated heterocycles. The first-order valence-electron chi connectivity index (χ1n) is 5.75. The Kier molecular flexibility index (Phi) is 5.65. The predicted molar refractivity (Wildman–Crippen MR) is 92.1 cm³/mol. The standard InChI is InChI=1S/C14H13BrClIN2/c15-11-3-1-2-9(6-11)7-14(19-18)10-4-5-13(17)12(16)8-10/h1-6,8,14,19H,7,18H2. The summed E-state index contributed by atoms with van der Waals surface area (Å²) in [7, 11) is 0. The van der Waals surface area contributed by atoms with Crippen LogP contribution in [-0.4, -0.2) is 0 Å². The van der Waals surface area contributed by atoms with Gasteiger partial charge < -0.3 is 0 Å². The molecule has 5 heteroatoms. The highest BCUT2D eigenvalue weighted by Crippen LogP contribution is 2.25. The molecule has 3 N–H and O–H groups in total. The average Bonchev–Trinajstić information content (AvgIpc) is 2.39. The van der Waals surface area contributed by atoms with E-state index >= 15 is 0 Å². The lowest BCUT2D eigenvalue weighted by atomic mass is 9.99. The van der Waals surface area contributed by atoms with Gasteiger partial charge in [-0.15, -0.1) is 0 Å². The molecule has 2 aromatic carbocycles. The first kappa shape index (κ1) is 15.3. The molecule has 0 aromatic heterocycles. The van der Waals surface area contributed by atoms with Crippen LogP contribution in [0.15, 0.2) is 46.9 Å². The third kappa shape index (κ3) is 4.16. The number of nitrogens with one attached hydrogen (secondary N) is 1. The topological polar surface area (TPSA) is 38.0 Å². The molecule has 0 aliphatic heterocycles. The number of rotatable bonds is 4. The second-order valence-electron chi connectivity index (χ2n) is 4.23. The van der Waals surface area contributed by atoms with Gasteiger partial charge in [-0.25, -0.2) is 0 Å². The smallest absolute Gasteiger partial charge is 0.0542 e. The minimum atomic E-state index is 0.0452. The zero-order chi connectivity index (χ0) is 13.8. The van der Waals surface area contributed by atoms with Gasteiger partial charge >= 0.3 is 0 Å². The number of hydrogen-bond donors (Lipinski definition) is 2. The number of hydrogen-bond acceptors (Lipinski definition) is 2. The molecule has 0 amide bonds. The summed E-state index contributed by atoms with van der Waals surface area (Å²) < 4.78 is 2.11. The van der Waals surface area contributed by atoms with Crippen molar-refractivity contribution in [2.24, 2.45) is 5.84 Å². The Morgan fingerprint density at radius 2 is 2.05 bits per heavy atom. The van der Waals surface area contributed by atoms with Gasteiger partial charge in [0.1, 0.15) is 0 Å². The number of benzene rings is 2. The van der Waals surface area contributed by atoms with E-state index in [1.165, 1.54) is 5.56 Å². The lowest BCUT2D eigenvalue weighted by molar-refractivity contribution is 0.552. The van der Waals surface area contributed by atoms with Crippen molar-refractivity contribution >= 4 is 50.1 Å². The van der Waals surface area contributed by atoms with Crippen molar-refractivity contribution in [1.82, 2.24) is 5.43 Å². The van der Waals surface area contributed by atoms with Gasteiger partial charge in [-0.2, -0.15) is 0 Å². The van der Waals surface area contributed by atoms with Gasteiger partial charge in [-0.1, -0.05) is 45.7 Å². The van der Waals surface area contributed by atoms with Crippen molar-refractivity contribution in [1.29, 1.82) is 0 Å². The predicted octanol–water partition coefficient (Wildman–Crippen LogP) is 4.45. The molecule has 2 rings (SSSR count). The van der Waals surface area contributed by atoms with Crippen LogP contribution in [0, 0.1) is 3.57 Å². The van der Waals surface area contributed by atoms with E-state index in [-0.39, 0.29) is 6.04 Å². The molecular weight excluding hydrogens is 438 g/mol. The number of nitrogens with two attached hydrogens (primary N) is 1. The molecule has 1 unspecified atom stereocenters. The van der Waals surface area contributed by atoms with Crippen LogP contribution in [0.5, 0.6) is 0 Å². The quantitative estimate of drug-likeness (QED) is 0.409. The number of hydrazine groups is 1. The van der Waals surface area contributed by atoms with Crippen LogP contribution in [0.3, 0.4) is 0 Å². The van der Waals surface area contributed by atoms with E-state index in [2.05, 4.69) is 62.1 Å². The van der Waals surface area contributed by atoms with Crippen molar-refractivity contribution in [3.63, 3.8) is 0 Å². The van der Waals surface area contributed by atoms with E-state index in [1.54, 1.807) is 0 Å². The van der Waals surface area contributed by atoms with Gasteiger partial charge in [-0.05, 0) is 64.4 Å². The van der Waals surface area contributed by atoms with Crippen molar-refractivity contribution in [2.45, 2.75) is 12.5 Å². The molecule has 0 spiro atoms.